The molecule has 0 unspecified atom stereocenters. The van der Waals surface area contributed by atoms with E-state index in [9.17, 15) is 0 Å². The Balaban J connectivity index is 2.17. The number of aromatic nitrogens is 6. The zero-order valence-corrected chi connectivity index (χ0v) is 10.7. The lowest BCUT2D eigenvalue weighted by Crippen LogP contribution is -2.11. The molecule has 0 saturated heterocycles. The Morgan fingerprint density at radius 3 is 2.72 bits per heavy atom. The lowest BCUT2D eigenvalue weighted by atomic mass is 10.5. The Labute approximate surface area is 105 Å². The van der Waals surface area contributed by atoms with Crippen molar-refractivity contribution in [3.8, 4) is 0 Å². The molecule has 2 aromatic heterocycles. The van der Waals surface area contributed by atoms with E-state index in [2.05, 4.69) is 32.7 Å². The summed E-state index contributed by atoms with van der Waals surface area (Å²) in [5, 5.41) is 19.4. The second-order valence-electron chi connectivity index (χ2n) is 3.83. The minimum Gasteiger partial charge on any atom is -0.355 e. The zero-order chi connectivity index (χ0) is 13.0. The quantitative estimate of drug-likeness (QED) is 0.738. The van der Waals surface area contributed by atoms with E-state index < -0.39 is 0 Å². The van der Waals surface area contributed by atoms with Crippen LogP contribution in [0.5, 0.6) is 0 Å². The topological polar surface area (TPSA) is 99.5 Å². The molecule has 2 rings (SSSR count). The van der Waals surface area contributed by atoms with Crippen molar-refractivity contribution in [3.05, 3.63) is 17.7 Å². The second kappa shape index (κ2) is 5.58. The third-order valence-electron chi connectivity index (χ3n) is 2.58. The minimum atomic E-state index is 0.392. The lowest BCUT2D eigenvalue weighted by molar-refractivity contribution is 0.589. The number of nitrogens with one attached hydrogen (secondary N) is 1. The van der Waals surface area contributed by atoms with Crippen molar-refractivity contribution in [2.24, 2.45) is 5.73 Å². The number of anilines is 1. The van der Waals surface area contributed by atoms with Gasteiger partial charge >= 0.3 is 0 Å². The molecule has 0 aliphatic rings. The molecule has 0 aliphatic carbocycles. The van der Waals surface area contributed by atoms with E-state index in [1.54, 1.807) is 4.68 Å². The van der Waals surface area contributed by atoms with Gasteiger partial charge in [0.2, 0.25) is 5.95 Å². The monoisotopic (exact) mass is 250 g/mol. The Bertz CT molecular complexity index is 500. The first-order valence-corrected chi connectivity index (χ1v) is 6.03. The van der Waals surface area contributed by atoms with E-state index in [-0.39, 0.29) is 0 Å². The van der Waals surface area contributed by atoms with Crippen LogP contribution in [0, 0.1) is 0 Å². The molecule has 0 bridgehead atoms. The van der Waals surface area contributed by atoms with Crippen molar-refractivity contribution in [1.82, 2.24) is 29.8 Å². The van der Waals surface area contributed by atoms with Crippen molar-refractivity contribution < 1.29 is 0 Å². The smallest absolute Gasteiger partial charge is 0.224 e. The molecule has 0 aliphatic heterocycles. The largest absolute Gasteiger partial charge is 0.355 e. The van der Waals surface area contributed by atoms with Crippen LogP contribution in [0.2, 0.25) is 0 Å². The van der Waals surface area contributed by atoms with Gasteiger partial charge in [-0.1, -0.05) is 5.21 Å². The van der Waals surface area contributed by atoms with Gasteiger partial charge in [-0.05, 0) is 13.8 Å². The highest BCUT2D eigenvalue weighted by Crippen LogP contribution is 2.08. The maximum Gasteiger partial charge on any atom is 0.224 e. The summed E-state index contributed by atoms with van der Waals surface area (Å²) in [5.74, 6) is 1.64. The van der Waals surface area contributed by atoms with Gasteiger partial charge in [-0.3, -0.25) is 4.57 Å². The number of nitrogens with zero attached hydrogens (tertiary/aromatic N) is 6. The lowest BCUT2D eigenvalue weighted by Gasteiger charge is -2.07. The van der Waals surface area contributed by atoms with Crippen LogP contribution in [-0.2, 0) is 19.6 Å². The SMILES string of the molecule is CCNc1nnc(Cn2cc(CN)nn2)n1CC. The summed E-state index contributed by atoms with van der Waals surface area (Å²) < 4.78 is 3.74. The van der Waals surface area contributed by atoms with Gasteiger partial charge in [-0.25, -0.2) is 4.68 Å². The van der Waals surface area contributed by atoms with Crippen LogP contribution < -0.4 is 11.1 Å². The molecule has 0 atom stereocenters. The summed E-state index contributed by atoms with van der Waals surface area (Å²) in [5.41, 5.74) is 6.27. The van der Waals surface area contributed by atoms with E-state index >= 15 is 0 Å². The van der Waals surface area contributed by atoms with E-state index in [0.717, 1.165) is 30.6 Å². The predicted molar refractivity (Wildman–Crippen MR) is 66.9 cm³/mol. The van der Waals surface area contributed by atoms with Gasteiger partial charge in [0, 0.05) is 19.6 Å². The molecule has 0 spiro atoms. The predicted octanol–water partition coefficient (Wildman–Crippen LogP) is -0.172. The summed E-state index contributed by atoms with van der Waals surface area (Å²) in [7, 11) is 0. The third-order valence-corrected chi connectivity index (χ3v) is 2.58. The fourth-order valence-corrected chi connectivity index (χ4v) is 1.73. The molecule has 0 radical (unpaired) electrons. The van der Waals surface area contributed by atoms with Gasteiger partial charge in [-0.15, -0.1) is 15.3 Å². The molecule has 0 fully saturated rings. The summed E-state index contributed by atoms with van der Waals surface area (Å²) in [6.07, 6.45) is 1.82. The van der Waals surface area contributed by atoms with Gasteiger partial charge in [-0.2, -0.15) is 0 Å². The molecule has 98 valence electrons. The van der Waals surface area contributed by atoms with Gasteiger partial charge < -0.3 is 11.1 Å². The van der Waals surface area contributed by atoms with Crippen molar-refractivity contribution in [1.29, 1.82) is 0 Å². The van der Waals surface area contributed by atoms with Gasteiger partial charge in [0.25, 0.3) is 0 Å². The van der Waals surface area contributed by atoms with Gasteiger partial charge in [0.1, 0.15) is 6.54 Å². The third kappa shape index (κ3) is 2.48. The fraction of sp³-hybridized carbons (Fsp3) is 0.600. The van der Waals surface area contributed by atoms with E-state index in [1.807, 2.05) is 17.7 Å². The zero-order valence-electron chi connectivity index (χ0n) is 10.7. The van der Waals surface area contributed by atoms with Crippen molar-refractivity contribution >= 4 is 5.95 Å². The Kier molecular flexibility index (Phi) is 3.88. The summed E-state index contributed by atoms with van der Waals surface area (Å²) in [4.78, 5) is 0. The van der Waals surface area contributed by atoms with Crippen molar-refractivity contribution in [2.75, 3.05) is 11.9 Å². The van der Waals surface area contributed by atoms with E-state index in [1.165, 1.54) is 0 Å². The Morgan fingerprint density at radius 2 is 2.11 bits per heavy atom. The van der Waals surface area contributed by atoms with Crippen molar-refractivity contribution in [2.45, 2.75) is 33.5 Å². The first kappa shape index (κ1) is 12.5. The molecule has 2 aromatic rings. The fourth-order valence-electron chi connectivity index (χ4n) is 1.73. The van der Waals surface area contributed by atoms with Crippen molar-refractivity contribution in [3.63, 3.8) is 0 Å². The highest BCUT2D eigenvalue weighted by molar-refractivity contribution is 5.25. The van der Waals surface area contributed by atoms with Crippen LogP contribution in [0.3, 0.4) is 0 Å². The highest BCUT2D eigenvalue weighted by Gasteiger charge is 2.11. The maximum absolute atomic E-state index is 5.50. The summed E-state index contributed by atoms with van der Waals surface area (Å²) >= 11 is 0. The molecule has 0 aromatic carbocycles. The number of nitrogens with two attached hydrogens (primary N) is 1. The van der Waals surface area contributed by atoms with Crippen LogP contribution in [0.1, 0.15) is 25.4 Å². The molecule has 8 heteroatoms. The number of hydrogen-bond donors (Lipinski definition) is 2. The molecular formula is C10H18N8. The Hall–Kier alpha value is -1.96. The molecule has 18 heavy (non-hydrogen) atoms. The molecule has 0 amide bonds. The van der Waals surface area contributed by atoms with Gasteiger partial charge in [0.15, 0.2) is 5.82 Å². The first-order chi connectivity index (χ1) is 8.78. The van der Waals surface area contributed by atoms with E-state index in [0.29, 0.717) is 13.1 Å². The molecule has 0 saturated carbocycles. The van der Waals surface area contributed by atoms with Gasteiger partial charge in [0.05, 0.1) is 11.9 Å². The maximum atomic E-state index is 5.50. The average Bonchev–Trinajstić information content (AvgIpc) is 2.97. The van der Waals surface area contributed by atoms with Crippen LogP contribution in [0.25, 0.3) is 0 Å². The highest BCUT2D eigenvalue weighted by atomic mass is 15.4. The molecule has 2 heterocycles. The second-order valence-corrected chi connectivity index (χ2v) is 3.83. The summed E-state index contributed by atoms with van der Waals surface area (Å²) in [6, 6.07) is 0. The van der Waals surface area contributed by atoms with Crippen LogP contribution >= 0.6 is 0 Å². The average molecular weight is 250 g/mol. The molecular weight excluding hydrogens is 232 g/mol. The standard InChI is InChI=1S/C10H18N8/c1-3-12-10-15-14-9(18(10)4-2)7-17-6-8(5-11)13-16-17/h6H,3-5,7,11H2,1-2H3,(H,12,15). The molecule has 3 N–H and O–H groups in total. The molecule has 8 nitrogen and oxygen atoms in total. The van der Waals surface area contributed by atoms with Crippen LogP contribution in [0.15, 0.2) is 6.20 Å². The normalized spacial score (nSPS) is 10.8. The van der Waals surface area contributed by atoms with Crippen LogP contribution in [0.4, 0.5) is 5.95 Å². The Morgan fingerprint density at radius 1 is 1.28 bits per heavy atom. The number of hydrogen-bond acceptors (Lipinski definition) is 6. The first-order valence-electron chi connectivity index (χ1n) is 6.03. The number of rotatable bonds is 6. The van der Waals surface area contributed by atoms with Crippen LogP contribution in [-0.4, -0.2) is 36.3 Å². The van der Waals surface area contributed by atoms with E-state index in [4.69, 9.17) is 5.73 Å². The minimum absolute atomic E-state index is 0.392. The summed E-state index contributed by atoms with van der Waals surface area (Å²) in [6.45, 7) is 6.64.